The lowest BCUT2D eigenvalue weighted by Crippen LogP contribution is -2.68. The van der Waals surface area contributed by atoms with E-state index in [1.165, 1.54) is 6.92 Å². The lowest BCUT2D eigenvalue weighted by molar-refractivity contribution is -0.354. The number of rotatable bonds is 27. The third-order valence-electron chi connectivity index (χ3n) is 9.44. The second kappa shape index (κ2) is 26.6. The molecule has 0 aromatic heterocycles. The summed E-state index contributed by atoms with van der Waals surface area (Å²) in [4.78, 5) is 26.3. The Kier molecular flexibility index (Phi) is 22.8. The lowest BCUT2D eigenvalue weighted by atomic mass is 9.94. The van der Waals surface area contributed by atoms with E-state index < -0.39 is 67.3 Å². The van der Waals surface area contributed by atoms with Gasteiger partial charge in [-0.1, -0.05) is 84.9 Å². The highest BCUT2D eigenvalue weighted by Crippen LogP contribution is 2.35. The van der Waals surface area contributed by atoms with Gasteiger partial charge in [-0.05, 0) is 44.2 Å². The van der Waals surface area contributed by atoms with Crippen molar-refractivity contribution in [1.29, 1.82) is 0 Å². The summed E-state index contributed by atoms with van der Waals surface area (Å²) in [5, 5.41) is 14.1. The molecule has 310 valence electrons. The van der Waals surface area contributed by atoms with E-state index >= 15 is 0 Å². The molecular weight excluding hydrogens is 698 g/mol. The van der Waals surface area contributed by atoms with Crippen LogP contribution >= 0.6 is 0 Å². The Balaban J connectivity index is 2.12. The number of aliphatic hydroxyl groups is 1. The van der Waals surface area contributed by atoms with Crippen molar-refractivity contribution in [2.24, 2.45) is 0 Å². The van der Waals surface area contributed by atoms with E-state index in [0.29, 0.717) is 38.6 Å². The van der Waals surface area contributed by atoms with Crippen molar-refractivity contribution in [1.82, 2.24) is 5.32 Å². The van der Waals surface area contributed by atoms with Crippen LogP contribution < -0.4 is 5.32 Å². The normalized spacial score (nSPS) is 28.5. The molecule has 2 fully saturated rings. The average molecular weight is 768 g/mol. The molecule has 0 bridgehead atoms. The van der Waals surface area contributed by atoms with Gasteiger partial charge < -0.3 is 53.1 Å². The summed E-state index contributed by atoms with van der Waals surface area (Å²) >= 11 is 0. The van der Waals surface area contributed by atoms with Crippen LogP contribution in [0, 0.1) is 0 Å². The van der Waals surface area contributed by atoms with Crippen LogP contribution in [0.15, 0.2) is 30.3 Å². The van der Waals surface area contributed by atoms with Gasteiger partial charge in [-0.15, -0.1) is 0 Å². The third kappa shape index (κ3) is 15.0. The van der Waals surface area contributed by atoms with E-state index in [0.717, 1.165) is 64.2 Å². The Morgan fingerprint density at radius 3 is 1.69 bits per heavy atom. The van der Waals surface area contributed by atoms with Gasteiger partial charge in [-0.25, -0.2) is 4.79 Å². The number of carbonyl (C=O) groups is 2. The van der Waals surface area contributed by atoms with Gasteiger partial charge in [0, 0.05) is 40.0 Å². The minimum Gasteiger partial charge on any atom is -0.450 e. The molecule has 2 N–H and O–H groups in total. The zero-order valence-electron chi connectivity index (χ0n) is 33.6. The quantitative estimate of drug-likeness (QED) is 0.0832. The van der Waals surface area contributed by atoms with E-state index in [9.17, 15) is 14.7 Å². The molecule has 2 saturated heterocycles. The molecule has 13 nitrogen and oxygen atoms in total. The van der Waals surface area contributed by atoms with Crippen LogP contribution in [0.5, 0.6) is 0 Å². The average Bonchev–Trinajstić information content (AvgIpc) is 3.16. The second-order valence-corrected chi connectivity index (χ2v) is 14.1. The highest BCUT2D eigenvalue weighted by molar-refractivity contribution is 5.89. The molecule has 1 aromatic rings. The van der Waals surface area contributed by atoms with Crippen LogP contribution in [0.1, 0.15) is 116 Å². The summed E-state index contributed by atoms with van der Waals surface area (Å²) in [6.07, 6.45) is 0.182. The first-order valence-corrected chi connectivity index (χ1v) is 20.5. The van der Waals surface area contributed by atoms with Crippen LogP contribution in [-0.4, -0.2) is 125 Å². The Bertz CT molecular complexity index is 1140. The number of nitrogens with one attached hydrogen (secondary N) is 1. The Hall–Kier alpha value is -2.20. The highest BCUT2D eigenvalue weighted by Gasteiger charge is 2.54. The molecule has 2 aliphatic heterocycles. The van der Waals surface area contributed by atoms with E-state index in [1.54, 1.807) is 24.3 Å². The molecule has 0 spiro atoms. The fourth-order valence-corrected chi connectivity index (χ4v) is 6.35. The maximum Gasteiger partial charge on any atom is 0.338 e. The number of unbranched alkanes of at least 4 members (excludes halogenated alkanes) is 5. The van der Waals surface area contributed by atoms with Crippen molar-refractivity contribution in [3.63, 3.8) is 0 Å². The van der Waals surface area contributed by atoms with E-state index in [-0.39, 0.29) is 19.1 Å². The number of hydrogen-bond acceptors (Lipinski definition) is 12. The fourth-order valence-electron chi connectivity index (χ4n) is 6.35. The zero-order chi connectivity index (χ0) is 39.1. The number of esters is 1. The fraction of sp³-hybridized carbons (Fsp3) is 0.805. The van der Waals surface area contributed by atoms with Gasteiger partial charge in [0.05, 0.1) is 18.8 Å². The molecule has 1 amide bonds. The molecule has 3 rings (SSSR count). The van der Waals surface area contributed by atoms with Crippen molar-refractivity contribution < 1.29 is 57.3 Å². The maximum atomic E-state index is 13.8. The van der Waals surface area contributed by atoms with Gasteiger partial charge in [-0.2, -0.15) is 0 Å². The summed E-state index contributed by atoms with van der Waals surface area (Å²) in [6.45, 7) is 14.2. The molecule has 10 atom stereocenters. The predicted octanol–water partition coefficient (Wildman–Crippen LogP) is 5.73. The number of aliphatic hydroxyl groups excluding tert-OH is 1. The molecule has 0 aliphatic carbocycles. The molecular formula is C41H69NO12. The van der Waals surface area contributed by atoms with E-state index in [4.69, 9.17) is 42.6 Å². The number of hydrogen-bond donors (Lipinski definition) is 2. The molecule has 2 heterocycles. The van der Waals surface area contributed by atoms with Gasteiger partial charge in [0.15, 0.2) is 18.7 Å². The number of ether oxygens (including phenoxy) is 9. The molecule has 13 heteroatoms. The first kappa shape index (κ1) is 46.2. The van der Waals surface area contributed by atoms with Crippen molar-refractivity contribution in [3.05, 3.63) is 35.9 Å². The molecule has 54 heavy (non-hydrogen) atoms. The molecule has 2 aliphatic rings. The molecule has 10 unspecified atom stereocenters. The van der Waals surface area contributed by atoms with Gasteiger partial charge in [-0.3, -0.25) is 4.79 Å². The van der Waals surface area contributed by atoms with Gasteiger partial charge in [0.1, 0.15) is 42.7 Å². The van der Waals surface area contributed by atoms with Gasteiger partial charge in [0.25, 0.3) is 0 Å². The van der Waals surface area contributed by atoms with Crippen molar-refractivity contribution in [2.75, 3.05) is 46.2 Å². The molecule has 0 saturated carbocycles. The topological polar surface area (TPSA) is 149 Å². The smallest absolute Gasteiger partial charge is 0.338 e. The Morgan fingerprint density at radius 1 is 0.648 bits per heavy atom. The van der Waals surface area contributed by atoms with Crippen LogP contribution in [0.2, 0.25) is 0 Å². The summed E-state index contributed by atoms with van der Waals surface area (Å²) < 4.78 is 57.9. The Labute approximate surface area is 323 Å². The maximum absolute atomic E-state index is 13.8. The predicted molar refractivity (Wildman–Crippen MR) is 203 cm³/mol. The monoisotopic (exact) mass is 767 g/mol. The standard InChI is InChI=1S/C41H69NO12/c1-7-12-22-46-27-31-34(48-24-14-9-3)37(50-26-16-11-5)38(53-39(44)30-20-18-17-19-21-30)41(52-31)54-35-32(28-47-23-13-8-2)51-40(45)33(42-29(6)43)36(35)49-25-15-10-4/h17-21,31-38,40-41,45H,7-16,22-28H2,1-6H3,(H,42,43). The third-order valence-corrected chi connectivity index (χ3v) is 9.44. The summed E-state index contributed by atoms with van der Waals surface area (Å²) in [5.74, 6) is -0.944. The van der Waals surface area contributed by atoms with E-state index in [2.05, 4.69) is 33.0 Å². The SMILES string of the molecule is CCCCOCC1OC(O)C(NC(C)=O)C(OCCCC)C1OC1OC(COCCCC)C(OCCCC)C(OCCCC)C1OC(=O)c1ccccc1. The largest absolute Gasteiger partial charge is 0.450 e. The van der Waals surface area contributed by atoms with Crippen molar-refractivity contribution in [2.45, 2.75) is 167 Å². The lowest BCUT2D eigenvalue weighted by Gasteiger charge is -2.49. The second-order valence-electron chi connectivity index (χ2n) is 14.1. The number of benzene rings is 1. The summed E-state index contributed by atoms with van der Waals surface area (Å²) in [5.41, 5.74) is 0.356. The summed E-state index contributed by atoms with van der Waals surface area (Å²) in [6, 6.07) is 7.76. The van der Waals surface area contributed by atoms with Crippen molar-refractivity contribution in [3.8, 4) is 0 Å². The molecule has 1 aromatic carbocycles. The first-order valence-electron chi connectivity index (χ1n) is 20.5. The van der Waals surface area contributed by atoms with Crippen LogP contribution in [0.3, 0.4) is 0 Å². The summed E-state index contributed by atoms with van der Waals surface area (Å²) in [7, 11) is 0. The number of amides is 1. The molecule has 0 radical (unpaired) electrons. The van der Waals surface area contributed by atoms with E-state index in [1.807, 2.05) is 13.0 Å². The zero-order valence-corrected chi connectivity index (χ0v) is 33.6. The van der Waals surface area contributed by atoms with Crippen LogP contribution in [-0.2, 0) is 47.4 Å². The van der Waals surface area contributed by atoms with Crippen LogP contribution in [0.4, 0.5) is 0 Å². The Morgan fingerprint density at radius 2 is 1.15 bits per heavy atom. The van der Waals surface area contributed by atoms with Gasteiger partial charge in [0.2, 0.25) is 5.91 Å². The number of carbonyl (C=O) groups excluding carboxylic acids is 2. The highest BCUT2D eigenvalue weighted by atomic mass is 16.7. The van der Waals surface area contributed by atoms with Crippen LogP contribution in [0.25, 0.3) is 0 Å². The van der Waals surface area contributed by atoms with Gasteiger partial charge >= 0.3 is 5.97 Å². The minimum absolute atomic E-state index is 0.0755. The van der Waals surface area contributed by atoms with Crippen molar-refractivity contribution >= 4 is 11.9 Å². The minimum atomic E-state index is -1.40. The first-order chi connectivity index (χ1) is 26.3.